The quantitative estimate of drug-likeness (QED) is 0.635. The SMILES string of the molecule is COCCCN1C(=O)CC[C@H](C(=O)O)[C@@H]1c1cc(F)c(F)c(F)c1. The van der Waals surface area contributed by atoms with Gasteiger partial charge in [-0.3, -0.25) is 9.59 Å². The van der Waals surface area contributed by atoms with Crippen LogP contribution in [0.4, 0.5) is 13.2 Å². The number of carbonyl (C=O) groups excluding carboxylic acids is 1. The molecule has 0 bridgehead atoms. The Kier molecular flexibility index (Phi) is 5.82. The number of carboxylic acids is 1. The van der Waals surface area contributed by atoms with Gasteiger partial charge in [-0.2, -0.15) is 0 Å². The maximum absolute atomic E-state index is 13.6. The Labute approximate surface area is 137 Å². The summed E-state index contributed by atoms with van der Waals surface area (Å²) in [4.78, 5) is 25.0. The molecule has 0 aliphatic carbocycles. The number of likely N-dealkylation sites (tertiary alicyclic amines) is 1. The maximum Gasteiger partial charge on any atom is 0.308 e. The number of benzene rings is 1. The molecule has 1 aromatic rings. The lowest BCUT2D eigenvalue weighted by Gasteiger charge is -2.40. The lowest BCUT2D eigenvalue weighted by atomic mass is 9.84. The summed E-state index contributed by atoms with van der Waals surface area (Å²) in [5.74, 6) is -6.95. The minimum Gasteiger partial charge on any atom is -0.481 e. The molecule has 1 aliphatic heterocycles. The van der Waals surface area contributed by atoms with Crippen molar-refractivity contribution in [3.05, 3.63) is 35.1 Å². The Morgan fingerprint density at radius 1 is 1.33 bits per heavy atom. The van der Waals surface area contributed by atoms with Crippen molar-refractivity contribution in [3.8, 4) is 0 Å². The van der Waals surface area contributed by atoms with Crippen molar-refractivity contribution in [1.82, 2.24) is 4.90 Å². The molecule has 132 valence electrons. The number of ether oxygens (including phenoxy) is 1. The monoisotopic (exact) mass is 345 g/mol. The van der Waals surface area contributed by atoms with E-state index in [9.17, 15) is 27.9 Å². The fourth-order valence-electron chi connectivity index (χ4n) is 3.01. The first kappa shape index (κ1) is 18.3. The third kappa shape index (κ3) is 3.69. The van der Waals surface area contributed by atoms with Gasteiger partial charge in [0.15, 0.2) is 17.5 Å². The number of carboxylic acid groups (broad SMARTS) is 1. The second-order valence-corrected chi connectivity index (χ2v) is 5.66. The first-order chi connectivity index (χ1) is 11.4. The third-order valence-electron chi connectivity index (χ3n) is 4.12. The number of hydrogen-bond donors (Lipinski definition) is 1. The lowest BCUT2D eigenvalue weighted by Crippen LogP contribution is -2.46. The number of hydrogen-bond acceptors (Lipinski definition) is 3. The number of methoxy groups -OCH3 is 1. The maximum atomic E-state index is 13.6. The number of carbonyl (C=O) groups is 2. The van der Waals surface area contributed by atoms with Crippen molar-refractivity contribution in [2.75, 3.05) is 20.3 Å². The second kappa shape index (κ2) is 7.65. The molecule has 1 fully saturated rings. The van der Waals surface area contributed by atoms with Crippen molar-refractivity contribution in [2.45, 2.75) is 25.3 Å². The van der Waals surface area contributed by atoms with Crippen LogP contribution in [0.15, 0.2) is 12.1 Å². The number of piperidine rings is 1. The topological polar surface area (TPSA) is 66.8 Å². The number of aliphatic carboxylic acids is 1. The summed E-state index contributed by atoms with van der Waals surface area (Å²) in [5, 5.41) is 9.41. The van der Waals surface area contributed by atoms with Gasteiger partial charge in [0.25, 0.3) is 0 Å². The molecule has 0 saturated carbocycles. The highest BCUT2D eigenvalue weighted by Crippen LogP contribution is 2.38. The number of nitrogens with zero attached hydrogens (tertiary/aromatic N) is 1. The normalized spacial score (nSPS) is 21.2. The van der Waals surface area contributed by atoms with Crippen LogP contribution in [0, 0.1) is 23.4 Å². The summed E-state index contributed by atoms with van der Waals surface area (Å²) in [6.07, 6.45) is 0.532. The Morgan fingerprint density at radius 3 is 2.50 bits per heavy atom. The summed E-state index contributed by atoms with van der Waals surface area (Å²) in [5.41, 5.74) is -0.0655. The summed E-state index contributed by atoms with van der Waals surface area (Å²) < 4.78 is 45.2. The zero-order chi connectivity index (χ0) is 17.9. The van der Waals surface area contributed by atoms with E-state index in [0.717, 1.165) is 12.1 Å². The Morgan fingerprint density at radius 2 is 1.96 bits per heavy atom. The van der Waals surface area contributed by atoms with Crippen molar-refractivity contribution in [2.24, 2.45) is 5.92 Å². The van der Waals surface area contributed by atoms with Crippen molar-refractivity contribution in [1.29, 1.82) is 0 Å². The Bertz CT molecular complexity index is 615. The average molecular weight is 345 g/mol. The van der Waals surface area contributed by atoms with Gasteiger partial charge in [0, 0.05) is 26.7 Å². The Hall–Kier alpha value is -2.09. The van der Waals surface area contributed by atoms with E-state index < -0.39 is 35.4 Å². The van der Waals surface area contributed by atoms with E-state index in [0.29, 0.717) is 13.0 Å². The van der Waals surface area contributed by atoms with E-state index in [1.807, 2.05) is 0 Å². The van der Waals surface area contributed by atoms with Gasteiger partial charge in [0.1, 0.15) is 0 Å². The van der Waals surface area contributed by atoms with Gasteiger partial charge >= 0.3 is 5.97 Å². The molecule has 24 heavy (non-hydrogen) atoms. The van der Waals surface area contributed by atoms with Gasteiger partial charge in [-0.15, -0.1) is 0 Å². The molecule has 1 N–H and O–H groups in total. The smallest absolute Gasteiger partial charge is 0.308 e. The number of halogens is 3. The van der Waals surface area contributed by atoms with E-state index in [2.05, 4.69) is 0 Å². The lowest BCUT2D eigenvalue weighted by molar-refractivity contribution is -0.152. The molecule has 0 radical (unpaired) electrons. The van der Waals surface area contributed by atoms with Crippen LogP contribution in [0.5, 0.6) is 0 Å². The largest absolute Gasteiger partial charge is 0.481 e. The molecule has 0 aromatic heterocycles. The van der Waals surface area contributed by atoms with Crippen LogP contribution in [0.3, 0.4) is 0 Å². The van der Waals surface area contributed by atoms with E-state index in [4.69, 9.17) is 4.74 Å². The van der Waals surface area contributed by atoms with Gasteiger partial charge in [0.2, 0.25) is 5.91 Å². The zero-order valence-electron chi connectivity index (χ0n) is 13.1. The van der Waals surface area contributed by atoms with E-state index in [1.54, 1.807) is 0 Å². The molecule has 8 heteroatoms. The van der Waals surface area contributed by atoms with Crippen LogP contribution in [0.2, 0.25) is 0 Å². The highest BCUT2D eigenvalue weighted by atomic mass is 19.2. The predicted molar refractivity (Wildman–Crippen MR) is 77.6 cm³/mol. The third-order valence-corrected chi connectivity index (χ3v) is 4.12. The minimum atomic E-state index is -1.63. The van der Waals surface area contributed by atoms with Crippen LogP contribution < -0.4 is 0 Å². The molecule has 1 saturated heterocycles. The summed E-state index contributed by atoms with van der Waals surface area (Å²) in [6.45, 7) is 0.530. The highest BCUT2D eigenvalue weighted by molar-refractivity contribution is 5.81. The van der Waals surface area contributed by atoms with Crippen LogP contribution in [-0.4, -0.2) is 42.1 Å². The Balaban J connectivity index is 2.43. The van der Waals surface area contributed by atoms with Gasteiger partial charge in [0.05, 0.1) is 12.0 Å². The molecule has 1 aromatic carbocycles. The van der Waals surface area contributed by atoms with Crippen LogP contribution in [0.1, 0.15) is 30.9 Å². The molecule has 1 heterocycles. The molecular weight excluding hydrogens is 327 g/mol. The van der Waals surface area contributed by atoms with Gasteiger partial charge < -0.3 is 14.7 Å². The van der Waals surface area contributed by atoms with E-state index in [-0.39, 0.29) is 30.9 Å². The molecule has 2 rings (SSSR count). The zero-order valence-corrected chi connectivity index (χ0v) is 13.1. The molecule has 2 atom stereocenters. The number of rotatable bonds is 6. The fourth-order valence-corrected chi connectivity index (χ4v) is 3.01. The van der Waals surface area contributed by atoms with Crippen LogP contribution >= 0.6 is 0 Å². The van der Waals surface area contributed by atoms with Gasteiger partial charge in [-0.25, -0.2) is 13.2 Å². The summed E-state index contributed by atoms with van der Waals surface area (Å²) in [6, 6.07) is 0.451. The summed E-state index contributed by atoms with van der Waals surface area (Å²) in [7, 11) is 1.49. The van der Waals surface area contributed by atoms with Crippen molar-refractivity contribution < 1.29 is 32.6 Å². The van der Waals surface area contributed by atoms with Crippen molar-refractivity contribution >= 4 is 11.9 Å². The van der Waals surface area contributed by atoms with Crippen molar-refractivity contribution in [3.63, 3.8) is 0 Å². The summed E-state index contributed by atoms with van der Waals surface area (Å²) >= 11 is 0. The molecule has 1 aliphatic rings. The van der Waals surface area contributed by atoms with Crippen LogP contribution in [0.25, 0.3) is 0 Å². The van der Waals surface area contributed by atoms with Gasteiger partial charge in [-0.1, -0.05) is 0 Å². The molecule has 0 unspecified atom stereocenters. The minimum absolute atomic E-state index is 0.0343. The fraction of sp³-hybridized carbons (Fsp3) is 0.500. The predicted octanol–water partition coefficient (Wildman–Crippen LogP) is 2.50. The van der Waals surface area contributed by atoms with E-state index in [1.165, 1.54) is 12.0 Å². The molecular formula is C16H18F3NO4. The average Bonchev–Trinajstić information content (AvgIpc) is 2.53. The molecule has 5 nitrogen and oxygen atoms in total. The second-order valence-electron chi connectivity index (χ2n) is 5.66. The van der Waals surface area contributed by atoms with Gasteiger partial charge in [-0.05, 0) is 30.5 Å². The van der Waals surface area contributed by atoms with Crippen LogP contribution in [-0.2, 0) is 14.3 Å². The molecule has 0 spiro atoms. The number of amides is 1. The first-order valence-electron chi connectivity index (χ1n) is 7.52. The molecule has 1 amide bonds. The van der Waals surface area contributed by atoms with E-state index >= 15 is 0 Å². The standard InChI is InChI=1S/C16H18F3NO4/c1-24-6-2-5-20-13(21)4-3-10(16(22)23)15(20)9-7-11(17)14(19)12(18)8-9/h7-8,10,15H,2-6H2,1H3,(H,22,23)/t10-,15-/m0/s1. The highest BCUT2D eigenvalue weighted by Gasteiger charge is 2.41. The first-order valence-corrected chi connectivity index (χ1v) is 7.52.